The molecule has 0 aliphatic carbocycles. The van der Waals surface area contributed by atoms with E-state index in [1.165, 1.54) is 30.9 Å². The summed E-state index contributed by atoms with van der Waals surface area (Å²) in [7, 11) is 1.52. The Kier molecular flexibility index (Phi) is 2.89. The van der Waals surface area contributed by atoms with Crippen LogP contribution in [0.4, 0.5) is 13.2 Å². The first-order valence-electron chi connectivity index (χ1n) is 5.32. The van der Waals surface area contributed by atoms with Gasteiger partial charge in [-0.2, -0.15) is 28.4 Å². The highest BCUT2D eigenvalue weighted by molar-refractivity contribution is 5.96. The Morgan fingerprint density at radius 1 is 1.53 bits per heavy atom. The van der Waals surface area contributed by atoms with E-state index in [-0.39, 0.29) is 16.4 Å². The Hall–Kier alpha value is -1.90. The molecule has 2 rings (SSSR count). The Labute approximate surface area is 106 Å². The van der Waals surface area contributed by atoms with Gasteiger partial charge in [0.2, 0.25) is 0 Å². The minimum Gasteiger partial charge on any atom is -0.362 e. The van der Waals surface area contributed by atoms with Gasteiger partial charge in [-0.15, -0.1) is 0 Å². The third-order valence-electron chi connectivity index (χ3n) is 2.70. The lowest BCUT2D eigenvalue weighted by atomic mass is 10.1. The van der Waals surface area contributed by atoms with Crippen LogP contribution < -0.4 is 0 Å². The average Bonchev–Trinajstić information content (AvgIpc) is 2.81. The second-order valence-electron chi connectivity index (χ2n) is 4.32. The standard InChI is InChI=1S/C10H11F3N4O2/c1-6-5-9(19,10(11,12)13)17(14-6)8(18)7-3-4-16(2)15-7/h3-4,19H,5H2,1-2H3/t9-/m0/s1. The molecule has 0 saturated carbocycles. The highest BCUT2D eigenvalue weighted by Gasteiger charge is 2.62. The maximum Gasteiger partial charge on any atom is 0.438 e. The topological polar surface area (TPSA) is 70.7 Å². The number of rotatable bonds is 1. The van der Waals surface area contributed by atoms with Gasteiger partial charge in [-0.05, 0) is 13.0 Å². The van der Waals surface area contributed by atoms with Crippen LogP contribution in [0.25, 0.3) is 0 Å². The Morgan fingerprint density at radius 3 is 2.63 bits per heavy atom. The lowest BCUT2D eigenvalue weighted by Crippen LogP contribution is -2.56. The maximum atomic E-state index is 12.9. The zero-order valence-corrected chi connectivity index (χ0v) is 10.1. The lowest BCUT2D eigenvalue weighted by molar-refractivity contribution is -0.297. The van der Waals surface area contributed by atoms with Crippen LogP contribution >= 0.6 is 0 Å². The van der Waals surface area contributed by atoms with Gasteiger partial charge in [-0.3, -0.25) is 9.48 Å². The first-order valence-corrected chi connectivity index (χ1v) is 5.32. The van der Waals surface area contributed by atoms with Gasteiger partial charge in [-0.25, -0.2) is 0 Å². The molecule has 0 saturated heterocycles. The summed E-state index contributed by atoms with van der Waals surface area (Å²) in [5.41, 5.74) is -3.51. The number of nitrogens with zero attached hydrogens (tertiary/aromatic N) is 4. The van der Waals surface area contributed by atoms with Crippen molar-refractivity contribution in [3.8, 4) is 0 Å². The fourth-order valence-electron chi connectivity index (χ4n) is 1.79. The second kappa shape index (κ2) is 4.05. The number of aryl methyl sites for hydroxylation is 1. The summed E-state index contributed by atoms with van der Waals surface area (Å²) in [5.74, 6) is -1.10. The van der Waals surface area contributed by atoms with E-state index in [1.807, 2.05) is 0 Å². The predicted octanol–water partition coefficient (Wildman–Crippen LogP) is 0.893. The number of aliphatic hydroxyl groups is 1. The summed E-state index contributed by atoms with van der Waals surface area (Å²) in [6.45, 7) is 1.31. The van der Waals surface area contributed by atoms with Crippen molar-refractivity contribution >= 4 is 11.6 Å². The molecule has 1 atom stereocenters. The van der Waals surface area contributed by atoms with Crippen molar-refractivity contribution < 1.29 is 23.1 Å². The Morgan fingerprint density at radius 2 is 2.16 bits per heavy atom. The molecule has 1 amide bonds. The van der Waals surface area contributed by atoms with E-state index < -0.39 is 24.2 Å². The first-order chi connectivity index (χ1) is 8.65. The van der Waals surface area contributed by atoms with Crippen molar-refractivity contribution in [1.29, 1.82) is 0 Å². The Bertz CT molecular complexity index is 551. The molecule has 19 heavy (non-hydrogen) atoms. The number of hydrogen-bond acceptors (Lipinski definition) is 4. The molecule has 0 bridgehead atoms. The normalized spacial score (nSPS) is 23.7. The third kappa shape index (κ3) is 2.09. The van der Waals surface area contributed by atoms with E-state index in [2.05, 4.69) is 10.2 Å². The molecule has 104 valence electrons. The predicted molar refractivity (Wildman–Crippen MR) is 58.1 cm³/mol. The summed E-state index contributed by atoms with van der Waals surface area (Å²) >= 11 is 0. The van der Waals surface area contributed by atoms with Gasteiger partial charge in [0.05, 0.1) is 0 Å². The minimum absolute atomic E-state index is 0.0177. The van der Waals surface area contributed by atoms with Gasteiger partial charge in [0.25, 0.3) is 11.6 Å². The van der Waals surface area contributed by atoms with Crippen molar-refractivity contribution in [2.75, 3.05) is 0 Å². The molecule has 1 aromatic heterocycles. The van der Waals surface area contributed by atoms with E-state index >= 15 is 0 Å². The number of carbonyl (C=O) groups is 1. The second-order valence-corrected chi connectivity index (χ2v) is 4.32. The van der Waals surface area contributed by atoms with Crippen LogP contribution in [0.2, 0.25) is 0 Å². The first kappa shape index (κ1) is 13.5. The molecule has 1 N–H and O–H groups in total. The lowest BCUT2D eigenvalue weighted by Gasteiger charge is -2.32. The maximum absolute atomic E-state index is 12.9. The molecule has 0 radical (unpaired) electrons. The number of hydrogen-bond donors (Lipinski definition) is 1. The number of aromatic nitrogens is 2. The van der Waals surface area contributed by atoms with Crippen LogP contribution in [-0.4, -0.2) is 43.4 Å². The van der Waals surface area contributed by atoms with Crippen molar-refractivity contribution in [3.63, 3.8) is 0 Å². The highest BCUT2D eigenvalue weighted by atomic mass is 19.4. The summed E-state index contributed by atoms with van der Waals surface area (Å²) in [6.07, 6.45) is -4.36. The van der Waals surface area contributed by atoms with Gasteiger partial charge >= 0.3 is 6.18 Å². The number of hydrazone groups is 1. The summed E-state index contributed by atoms with van der Waals surface area (Å²) in [4.78, 5) is 12.0. The van der Waals surface area contributed by atoms with Gasteiger partial charge in [0.15, 0.2) is 5.69 Å². The van der Waals surface area contributed by atoms with E-state index in [0.717, 1.165) is 0 Å². The fraction of sp³-hybridized carbons (Fsp3) is 0.500. The monoisotopic (exact) mass is 276 g/mol. The molecular formula is C10H11F3N4O2. The van der Waals surface area contributed by atoms with Crippen molar-refractivity contribution in [3.05, 3.63) is 18.0 Å². The summed E-state index contributed by atoms with van der Waals surface area (Å²) < 4.78 is 40.0. The van der Waals surface area contributed by atoms with Crippen molar-refractivity contribution in [2.45, 2.75) is 25.2 Å². The largest absolute Gasteiger partial charge is 0.438 e. The van der Waals surface area contributed by atoms with Crippen LogP contribution in [0.5, 0.6) is 0 Å². The van der Waals surface area contributed by atoms with Crippen LogP contribution in [0.3, 0.4) is 0 Å². The van der Waals surface area contributed by atoms with E-state index in [4.69, 9.17) is 0 Å². The molecule has 1 aliphatic heterocycles. The highest BCUT2D eigenvalue weighted by Crippen LogP contribution is 2.40. The number of halogens is 3. The number of carbonyl (C=O) groups excluding carboxylic acids is 1. The minimum atomic E-state index is -5.00. The molecule has 2 heterocycles. The molecule has 9 heteroatoms. The van der Waals surface area contributed by atoms with Crippen LogP contribution in [-0.2, 0) is 7.05 Å². The summed E-state index contributed by atoms with van der Waals surface area (Å²) in [5, 5.41) is 17.0. The molecule has 6 nitrogen and oxygen atoms in total. The van der Waals surface area contributed by atoms with Crippen LogP contribution in [0.15, 0.2) is 17.4 Å². The molecule has 0 aromatic carbocycles. The van der Waals surface area contributed by atoms with Crippen LogP contribution in [0, 0.1) is 0 Å². The zero-order chi connectivity index (χ0) is 14.4. The zero-order valence-electron chi connectivity index (χ0n) is 10.1. The summed E-state index contributed by atoms with van der Waals surface area (Å²) in [6, 6.07) is 1.25. The quantitative estimate of drug-likeness (QED) is 0.828. The molecule has 0 spiro atoms. The van der Waals surface area contributed by atoms with Gasteiger partial charge in [0.1, 0.15) is 0 Å². The average molecular weight is 276 g/mol. The molecule has 1 aromatic rings. The van der Waals surface area contributed by atoms with Gasteiger partial charge in [-0.1, -0.05) is 0 Å². The Balaban J connectivity index is 2.39. The van der Waals surface area contributed by atoms with E-state index in [9.17, 15) is 23.1 Å². The number of alkyl halides is 3. The third-order valence-corrected chi connectivity index (χ3v) is 2.70. The van der Waals surface area contributed by atoms with Gasteiger partial charge in [0, 0.05) is 25.4 Å². The smallest absolute Gasteiger partial charge is 0.362 e. The van der Waals surface area contributed by atoms with E-state index in [0.29, 0.717) is 0 Å². The fourth-order valence-corrected chi connectivity index (χ4v) is 1.79. The molecular weight excluding hydrogens is 265 g/mol. The van der Waals surface area contributed by atoms with Crippen molar-refractivity contribution in [2.24, 2.45) is 12.1 Å². The number of amides is 1. The van der Waals surface area contributed by atoms with Crippen molar-refractivity contribution in [1.82, 2.24) is 14.8 Å². The molecule has 0 unspecified atom stereocenters. The molecule has 0 fully saturated rings. The van der Waals surface area contributed by atoms with E-state index in [1.54, 1.807) is 0 Å². The van der Waals surface area contributed by atoms with Crippen LogP contribution in [0.1, 0.15) is 23.8 Å². The molecule has 1 aliphatic rings. The van der Waals surface area contributed by atoms with Gasteiger partial charge < -0.3 is 5.11 Å². The SMILES string of the molecule is CC1=NN(C(=O)c2ccn(C)n2)[C@@](O)(C(F)(F)F)C1.